The summed E-state index contributed by atoms with van der Waals surface area (Å²) in [4.78, 5) is 30.0. The van der Waals surface area contributed by atoms with Crippen LogP contribution in [0.25, 0.3) is 0 Å². The van der Waals surface area contributed by atoms with Gasteiger partial charge in [-0.25, -0.2) is 4.98 Å². The van der Waals surface area contributed by atoms with E-state index in [1.807, 2.05) is 0 Å². The van der Waals surface area contributed by atoms with Gasteiger partial charge in [0.15, 0.2) is 5.16 Å². The Morgan fingerprint density at radius 1 is 1.42 bits per heavy atom. The average Bonchev–Trinajstić information content (AvgIpc) is 2.30. The van der Waals surface area contributed by atoms with Gasteiger partial charge < -0.3 is 16.5 Å². The van der Waals surface area contributed by atoms with Crippen LogP contribution in [0.15, 0.2) is 39.1 Å². The third-order valence-corrected chi connectivity index (χ3v) is 3.40. The number of nitrogen functional groups attached to an aromatic ring is 1. The fourth-order valence-corrected chi connectivity index (χ4v) is 2.56. The second-order valence-electron chi connectivity index (χ2n) is 3.88. The lowest BCUT2D eigenvalue weighted by Gasteiger charge is -2.08. The minimum absolute atomic E-state index is 0.259. The van der Waals surface area contributed by atoms with Crippen LogP contribution in [0, 0.1) is 6.92 Å². The van der Waals surface area contributed by atoms with Crippen molar-refractivity contribution in [2.45, 2.75) is 17.0 Å². The Hall–Kier alpha value is -2.28. The van der Waals surface area contributed by atoms with E-state index in [2.05, 4.69) is 9.97 Å². The van der Waals surface area contributed by atoms with Crippen LogP contribution in [-0.4, -0.2) is 15.9 Å². The summed E-state index contributed by atoms with van der Waals surface area (Å²) < 4.78 is 0. The molecule has 0 bridgehead atoms. The zero-order valence-corrected chi connectivity index (χ0v) is 11.0. The van der Waals surface area contributed by atoms with Gasteiger partial charge in [0.1, 0.15) is 0 Å². The monoisotopic (exact) mass is 276 g/mol. The molecule has 1 aromatic carbocycles. The predicted octanol–water partition coefficient (Wildman–Crippen LogP) is 0.911. The van der Waals surface area contributed by atoms with Gasteiger partial charge in [0.05, 0.1) is 10.5 Å². The number of H-pyrrole nitrogens is 1. The molecule has 0 radical (unpaired) electrons. The molecule has 2 rings (SSSR count). The number of nitrogens with zero attached hydrogens (tertiary/aromatic N) is 1. The lowest BCUT2D eigenvalue weighted by molar-refractivity contribution is 0.0997. The summed E-state index contributed by atoms with van der Waals surface area (Å²) in [5, 5.41) is 0.366. The Morgan fingerprint density at radius 3 is 2.79 bits per heavy atom. The number of benzene rings is 1. The van der Waals surface area contributed by atoms with E-state index in [4.69, 9.17) is 11.5 Å². The van der Waals surface area contributed by atoms with Gasteiger partial charge in [-0.1, -0.05) is 6.07 Å². The minimum Gasteiger partial charge on any atom is -0.398 e. The predicted molar refractivity (Wildman–Crippen MR) is 73.1 cm³/mol. The molecule has 6 nitrogen and oxygen atoms in total. The number of amides is 1. The number of nitrogens with two attached hydrogens (primary N) is 2. The molecular weight excluding hydrogens is 264 g/mol. The first kappa shape index (κ1) is 13.2. The maximum atomic E-state index is 11.4. The molecule has 5 N–H and O–H groups in total. The number of aromatic amines is 1. The molecule has 98 valence electrons. The van der Waals surface area contributed by atoms with Gasteiger partial charge in [-0.2, -0.15) is 0 Å². The van der Waals surface area contributed by atoms with Gasteiger partial charge in [-0.15, -0.1) is 0 Å². The highest BCUT2D eigenvalue weighted by Gasteiger charge is 2.13. The van der Waals surface area contributed by atoms with Crippen molar-refractivity contribution in [3.05, 3.63) is 45.9 Å². The van der Waals surface area contributed by atoms with E-state index in [0.717, 1.165) is 11.8 Å². The Kier molecular flexibility index (Phi) is 3.57. The van der Waals surface area contributed by atoms with Crippen LogP contribution in [0.3, 0.4) is 0 Å². The molecule has 0 unspecified atom stereocenters. The summed E-state index contributed by atoms with van der Waals surface area (Å²) in [6.45, 7) is 1.71. The van der Waals surface area contributed by atoms with Crippen molar-refractivity contribution in [2.75, 3.05) is 5.73 Å². The van der Waals surface area contributed by atoms with Crippen LogP contribution < -0.4 is 17.0 Å². The van der Waals surface area contributed by atoms with E-state index < -0.39 is 5.91 Å². The zero-order valence-electron chi connectivity index (χ0n) is 10.1. The number of aryl methyl sites for hydroxylation is 1. The molecule has 7 heteroatoms. The lowest BCUT2D eigenvalue weighted by Crippen LogP contribution is -2.13. The molecule has 1 heterocycles. The number of carbonyl (C=O) groups excluding carboxylic acids is 1. The number of hydrogen-bond acceptors (Lipinski definition) is 5. The Labute approximate surface area is 113 Å². The molecule has 0 saturated carbocycles. The van der Waals surface area contributed by atoms with Crippen LogP contribution in [0.2, 0.25) is 0 Å². The summed E-state index contributed by atoms with van der Waals surface area (Å²) in [5.74, 6) is -0.579. The third kappa shape index (κ3) is 2.94. The normalized spacial score (nSPS) is 10.4. The second-order valence-corrected chi connectivity index (χ2v) is 4.88. The quantitative estimate of drug-likeness (QED) is 0.569. The van der Waals surface area contributed by atoms with Crippen LogP contribution >= 0.6 is 11.8 Å². The van der Waals surface area contributed by atoms with E-state index in [1.54, 1.807) is 25.1 Å². The van der Waals surface area contributed by atoms with Crippen molar-refractivity contribution >= 4 is 23.4 Å². The SMILES string of the molecule is Cc1cc(=O)[nH]c(Sc2c(N)cccc2C(N)=O)n1. The number of aromatic nitrogens is 2. The highest BCUT2D eigenvalue weighted by Crippen LogP contribution is 2.32. The summed E-state index contributed by atoms with van der Waals surface area (Å²) >= 11 is 1.10. The standard InChI is InChI=1S/C12H12N4O2S/c1-6-5-9(17)16-12(15-6)19-10-7(11(14)18)3-2-4-8(10)13/h2-5H,13H2,1H3,(H2,14,18)(H,15,16,17). The average molecular weight is 276 g/mol. The number of carbonyl (C=O) groups is 1. The number of nitrogens with one attached hydrogen (secondary N) is 1. The van der Waals surface area contributed by atoms with Crippen molar-refractivity contribution in [2.24, 2.45) is 5.73 Å². The molecule has 1 aromatic heterocycles. The van der Waals surface area contributed by atoms with Gasteiger partial charge in [-0.3, -0.25) is 9.59 Å². The first-order valence-corrected chi connectivity index (χ1v) is 6.23. The van der Waals surface area contributed by atoms with Crippen LogP contribution in [0.5, 0.6) is 0 Å². The Balaban J connectivity index is 2.48. The number of rotatable bonds is 3. The van der Waals surface area contributed by atoms with E-state index in [9.17, 15) is 9.59 Å². The van der Waals surface area contributed by atoms with Gasteiger partial charge in [0, 0.05) is 17.4 Å². The van der Waals surface area contributed by atoms with Crippen LogP contribution in [0.1, 0.15) is 16.1 Å². The molecule has 0 aliphatic carbocycles. The van der Waals surface area contributed by atoms with Crippen molar-refractivity contribution in [3.63, 3.8) is 0 Å². The molecular formula is C12H12N4O2S. The van der Waals surface area contributed by atoms with E-state index >= 15 is 0 Å². The van der Waals surface area contributed by atoms with Crippen LogP contribution in [0.4, 0.5) is 5.69 Å². The number of hydrogen-bond donors (Lipinski definition) is 3. The molecule has 0 atom stereocenters. The largest absolute Gasteiger partial charge is 0.398 e. The number of anilines is 1. The Bertz CT molecular complexity index is 696. The van der Waals surface area contributed by atoms with Gasteiger partial charge in [-0.05, 0) is 30.8 Å². The van der Waals surface area contributed by atoms with Crippen molar-refractivity contribution < 1.29 is 4.79 Å². The topological polar surface area (TPSA) is 115 Å². The summed E-state index contributed by atoms with van der Waals surface area (Å²) in [6.07, 6.45) is 0. The lowest BCUT2D eigenvalue weighted by atomic mass is 10.2. The van der Waals surface area contributed by atoms with Crippen molar-refractivity contribution in [3.8, 4) is 0 Å². The third-order valence-electron chi connectivity index (χ3n) is 2.36. The molecule has 19 heavy (non-hydrogen) atoms. The fourth-order valence-electron chi connectivity index (χ4n) is 1.56. The Morgan fingerprint density at radius 2 is 2.16 bits per heavy atom. The molecule has 0 spiro atoms. The smallest absolute Gasteiger partial charge is 0.251 e. The van der Waals surface area contributed by atoms with Gasteiger partial charge in [0.2, 0.25) is 5.91 Å². The van der Waals surface area contributed by atoms with Gasteiger partial charge in [0.25, 0.3) is 5.56 Å². The zero-order chi connectivity index (χ0) is 14.0. The summed E-state index contributed by atoms with van der Waals surface area (Å²) in [5.41, 5.74) is 12.2. The first-order valence-electron chi connectivity index (χ1n) is 5.41. The minimum atomic E-state index is -0.579. The van der Waals surface area contributed by atoms with Crippen molar-refractivity contribution in [1.29, 1.82) is 0 Å². The maximum Gasteiger partial charge on any atom is 0.251 e. The highest BCUT2D eigenvalue weighted by molar-refractivity contribution is 7.99. The molecule has 2 aromatic rings. The fraction of sp³-hybridized carbons (Fsp3) is 0.0833. The van der Waals surface area contributed by atoms with E-state index in [1.165, 1.54) is 6.07 Å². The molecule has 0 saturated heterocycles. The van der Waals surface area contributed by atoms with E-state index in [0.29, 0.717) is 27.0 Å². The summed E-state index contributed by atoms with van der Waals surface area (Å²) in [7, 11) is 0. The molecule has 0 aliphatic heterocycles. The molecule has 0 fully saturated rings. The van der Waals surface area contributed by atoms with E-state index in [-0.39, 0.29) is 5.56 Å². The highest BCUT2D eigenvalue weighted by atomic mass is 32.2. The maximum absolute atomic E-state index is 11.4. The summed E-state index contributed by atoms with van der Waals surface area (Å²) in [6, 6.07) is 6.26. The van der Waals surface area contributed by atoms with Crippen LogP contribution in [-0.2, 0) is 0 Å². The molecule has 0 aliphatic rings. The first-order chi connectivity index (χ1) is 8.97. The van der Waals surface area contributed by atoms with Crippen molar-refractivity contribution in [1.82, 2.24) is 9.97 Å². The molecule has 1 amide bonds. The number of primary amides is 1. The second kappa shape index (κ2) is 5.15. The van der Waals surface area contributed by atoms with Gasteiger partial charge >= 0.3 is 0 Å².